The molecule has 8 nitrogen and oxygen atoms in total. The normalized spacial score (nSPS) is 14.8. The maximum Gasteiger partial charge on any atom is 0.422 e. The van der Waals surface area contributed by atoms with Crippen molar-refractivity contribution in [3.05, 3.63) is 0 Å². The lowest BCUT2D eigenvalue weighted by molar-refractivity contribution is -0.170. The third-order valence-electron chi connectivity index (χ3n) is 2.05. The molecule has 0 fully saturated rings. The minimum Gasteiger partial charge on any atom is -0.479 e. The van der Waals surface area contributed by atoms with Crippen LogP contribution in [0.2, 0.25) is 0 Å². The molecule has 8 heteroatoms. The summed E-state index contributed by atoms with van der Waals surface area (Å²) < 4.78 is 9.96. The van der Waals surface area contributed by atoms with E-state index in [1.165, 1.54) is 0 Å². The molecule has 1 atom stereocenters. The predicted molar refractivity (Wildman–Crippen MR) is 74.4 cm³/mol. The van der Waals surface area contributed by atoms with Gasteiger partial charge in [0.1, 0.15) is 11.2 Å². The van der Waals surface area contributed by atoms with Gasteiger partial charge in [-0.1, -0.05) is 0 Å². The van der Waals surface area contributed by atoms with Gasteiger partial charge < -0.3 is 14.6 Å². The van der Waals surface area contributed by atoms with Crippen molar-refractivity contribution >= 4 is 18.0 Å². The number of carboxylic acids is 1. The van der Waals surface area contributed by atoms with Gasteiger partial charge in [0.25, 0.3) is 0 Å². The highest BCUT2D eigenvalue weighted by molar-refractivity contribution is 6.03. The fraction of sp³-hybridized carbons (Fsp3) is 0.769. The summed E-state index contributed by atoms with van der Waals surface area (Å²) in [6.07, 6.45) is -0.904. The van der Waals surface area contributed by atoms with Gasteiger partial charge in [-0.05, 0) is 48.5 Å². The number of hydrogen-bond acceptors (Lipinski definition) is 6. The second-order valence-corrected chi connectivity index (χ2v) is 6.68. The third-order valence-corrected chi connectivity index (χ3v) is 2.05. The molecule has 0 spiro atoms. The number of carbonyl (C=O) groups excluding carboxylic acids is 2. The highest BCUT2D eigenvalue weighted by atomic mass is 16.6. The fourth-order valence-corrected chi connectivity index (χ4v) is 1.05. The first-order valence-electron chi connectivity index (χ1n) is 6.40. The molecule has 1 amide bonds. The molecule has 0 heterocycles. The van der Waals surface area contributed by atoms with Crippen LogP contribution < -0.4 is 10.9 Å². The lowest BCUT2D eigenvalue weighted by Crippen LogP contribution is -2.63. The van der Waals surface area contributed by atoms with Crippen LogP contribution in [0.1, 0.15) is 48.5 Å². The van der Waals surface area contributed by atoms with E-state index in [0.29, 0.717) is 0 Å². The van der Waals surface area contributed by atoms with Crippen LogP contribution in [0.25, 0.3) is 0 Å². The molecule has 0 aromatic rings. The number of hydrazine groups is 1. The molecule has 0 radical (unpaired) electrons. The zero-order valence-electron chi connectivity index (χ0n) is 13.5. The highest BCUT2D eigenvalue weighted by Crippen LogP contribution is 2.14. The summed E-state index contributed by atoms with van der Waals surface area (Å²) in [6.45, 7) is 10.8. The van der Waals surface area contributed by atoms with Gasteiger partial charge in [0.05, 0.1) is 0 Å². The van der Waals surface area contributed by atoms with Crippen LogP contribution >= 0.6 is 0 Å². The van der Waals surface area contributed by atoms with Gasteiger partial charge in [-0.3, -0.25) is 5.43 Å². The first kappa shape index (κ1) is 19.2. The lowest BCUT2D eigenvalue weighted by Gasteiger charge is -2.29. The number of ether oxygens (including phenoxy) is 2. The van der Waals surface area contributed by atoms with Crippen LogP contribution in [0.4, 0.5) is 4.79 Å². The van der Waals surface area contributed by atoms with Crippen LogP contribution in [0.5, 0.6) is 0 Å². The molecule has 0 saturated carbocycles. The smallest absolute Gasteiger partial charge is 0.422 e. The Labute approximate surface area is 124 Å². The van der Waals surface area contributed by atoms with Gasteiger partial charge in [0, 0.05) is 0 Å². The lowest BCUT2D eigenvalue weighted by atomic mass is 10.0. The van der Waals surface area contributed by atoms with E-state index < -0.39 is 34.8 Å². The second-order valence-electron chi connectivity index (χ2n) is 6.68. The molecule has 0 saturated heterocycles. The van der Waals surface area contributed by atoms with Crippen LogP contribution in [-0.4, -0.2) is 39.9 Å². The van der Waals surface area contributed by atoms with Crippen LogP contribution in [0.15, 0.2) is 0 Å². The summed E-state index contributed by atoms with van der Waals surface area (Å²) in [7, 11) is 0. The van der Waals surface area contributed by atoms with E-state index >= 15 is 0 Å². The van der Waals surface area contributed by atoms with Crippen LogP contribution in [0, 0.1) is 0 Å². The maximum atomic E-state index is 12.0. The van der Waals surface area contributed by atoms with Crippen molar-refractivity contribution in [2.45, 2.75) is 65.2 Å². The molecule has 0 aliphatic carbocycles. The van der Waals surface area contributed by atoms with Crippen molar-refractivity contribution in [3.8, 4) is 0 Å². The summed E-state index contributed by atoms with van der Waals surface area (Å²) in [5.74, 6) is -2.52. The zero-order chi connectivity index (χ0) is 17.1. The Morgan fingerprint density at radius 2 is 1.29 bits per heavy atom. The molecule has 0 bridgehead atoms. The fourth-order valence-electron chi connectivity index (χ4n) is 1.05. The Morgan fingerprint density at radius 1 is 0.857 bits per heavy atom. The average Bonchev–Trinajstić information content (AvgIpc) is 2.20. The Bertz CT molecular complexity index is 421. The molecule has 21 heavy (non-hydrogen) atoms. The number of carbonyl (C=O) groups is 3. The number of esters is 1. The number of rotatable bonds is 4. The number of aliphatic carboxylic acids is 1. The van der Waals surface area contributed by atoms with E-state index in [1.54, 1.807) is 41.5 Å². The molecule has 0 rings (SSSR count). The SMILES string of the molecule is CC(C)(C)OC(=O)NNC(C)(C(=O)O)C(=O)OC(C)(C)C. The van der Waals surface area contributed by atoms with Crippen molar-refractivity contribution < 1.29 is 29.0 Å². The minimum atomic E-state index is -2.13. The summed E-state index contributed by atoms with van der Waals surface area (Å²) >= 11 is 0. The van der Waals surface area contributed by atoms with Crippen molar-refractivity contribution in [2.75, 3.05) is 0 Å². The molecular formula is C13H24N2O6. The van der Waals surface area contributed by atoms with Crippen molar-refractivity contribution in [2.24, 2.45) is 0 Å². The number of carboxylic acid groups (broad SMARTS) is 1. The summed E-state index contributed by atoms with van der Waals surface area (Å²) in [6, 6.07) is 0. The third kappa shape index (κ3) is 6.94. The first-order valence-corrected chi connectivity index (χ1v) is 6.40. The van der Waals surface area contributed by atoms with E-state index in [-0.39, 0.29) is 0 Å². The van der Waals surface area contributed by atoms with E-state index in [9.17, 15) is 19.5 Å². The molecule has 0 aliphatic rings. The van der Waals surface area contributed by atoms with Gasteiger partial charge in [0.2, 0.25) is 5.54 Å². The van der Waals surface area contributed by atoms with Gasteiger partial charge in [-0.25, -0.2) is 19.8 Å². The van der Waals surface area contributed by atoms with Gasteiger partial charge in [-0.2, -0.15) is 0 Å². The summed E-state index contributed by atoms with van der Waals surface area (Å²) in [5.41, 5.74) is 0.430. The maximum absolute atomic E-state index is 12.0. The van der Waals surface area contributed by atoms with Crippen LogP contribution in [-0.2, 0) is 19.1 Å². The number of nitrogens with one attached hydrogen (secondary N) is 2. The Balaban J connectivity index is 4.88. The molecular weight excluding hydrogens is 280 g/mol. The van der Waals surface area contributed by atoms with E-state index in [4.69, 9.17) is 9.47 Å². The summed E-state index contributed by atoms with van der Waals surface area (Å²) in [5, 5.41) is 9.19. The minimum absolute atomic E-state index is 0.753. The molecule has 0 aromatic heterocycles. The number of amides is 1. The predicted octanol–water partition coefficient (Wildman–Crippen LogP) is 1.20. The van der Waals surface area contributed by atoms with E-state index in [1.807, 2.05) is 5.43 Å². The second kappa shape index (κ2) is 6.30. The topological polar surface area (TPSA) is 114 Å². The van der Waals surface area contributed by atoms with Crippen LogP contribution in [0.3, 0.4) is 0 Å². The molecule has 0 aromatic carbocycles. The standard InChI is InChI=1S/C13H24N2O6/c1-11(2,3)20-9(18)13(7,8(16)17)15-14-10(19)21-12(4,5)6/h15H,1-7H3,(H,14,19)(H,16,17). The summed E-state index contributed by atoms with van der Waals surface area (Å²) in [4.78, 5) is 34.7. The van der Waals surface area contributed by atoms with Crippen molar-refractivity contribution in [1.29, 1.82) is 0 Å². The zero-order valence-corrected chi connectivity index (χ0v) is 13.5. The van der Waals surface area contributed by atoms with Crippen molar-refractivity contribution in [3.63, 3.8) is 0 Å². The van der Waals surface area contributed by atoms with E-state index in [0.717, 1.165) is 6.92 Å². The van der Waals surface area contributed by atoms with Gasteiger partial charge >= 0.3 is 18.0 Å². The monoisotopic (exact) mass is 304 g/mol. The molecule has 122 valence electrons. The molecule has 3 N–H and O–H groups in total. The Hall–Kier alpha value is -1.83. The largest absolute Gasteiger partial charge is 0.479 e. The molecule has 1 unspecified atom stereocenters. The first-order chi connectivity index (χ1) is 9.17. The van der Waals surface area contributed by atoms with E-state index in [2.05, 4.69) is 5.43 Å². The Kier molecular flexibility index (Phi) is 5.75. The Morgan fingerprint density at radius 3 is 1.62 bits per heavy atom. The number of hydrogen-bond donors (Lipinski definition) is 3. The average molecular weight is 304 g/mol. The van der Waals surface area contributed by atoms with Gasteiger partial charge in [-0.15, -0.1) is 0 Å². The quantitative estimate of drug-likeness (QED) is 0.406. The van der Waals surface area contributed by atoms with Gasteiger partial charge in [0.15, 0.2) is 0 Å². The molecule has 0 aliphatic heterocycles. The highest BCUT2D eigenvalue weighted by Gasteiger charge is 2.45. The van der Waals surface area contributed by atoms with Crippen molar-refractivity contribution in [1.82, 2.24) is 10.9 Å².